The van der Waals surface area contributed by atoms with E-state index in [4.69, 9.17) is 17.3 Å². The molecule has 0 unspecified atom stereocenters. The van der Waals surface area contributed by atoms with Crippen LogP contribution in [0.25, 0.3) is 0 Å². The van der Waals surface area contributed by atoms with Crippen molar-refractivity contribution in [2.24, 2.45) is 0 Å². The Kier molecular flexibility index (Phi) is 4.23. The molecule has 0 fully saturated rings. The summed E-state index contributed by atoms with van der Waals surface area (Å²) in [5, 5.41) is 3.05. The zero-order chi connectivity index (χ0) is 14.9. The quantitative estimate of drug-likeness (QED) is 0.727. The summed E-state index contributed by atoms with van der Waals surface area (Å²) in [5.74, 6) is -0.545. The third kappa shape index (κ3) is 3.63. The number of alkyl halides is 3. The fourth-order valence-electron chi connectivity index (χ4n) is 1.40. The molecule has 0 atom stereocenters. The number of hydrogen-bond donors (Lipinski definition) is 2. The molecule has 2 rings (SSSR count). The third-order valence-electron chi connectivity index (χ3n) is 2.23. The summed E-state index contributed by atoms with van der Waals surface area (Å²) in [6, 6.07) is 5.82. The smallest absolute Gasteiger partial charge is 0.368 e. The van der Waals surface area contributed by atoms with E-state index in [2.05, 4.69) is 37.9 Å². The SMILES string of the molecule is Nc1nc(Nc2ccc(I)cc2Cl)cc(C(F)(F)F)n1. The Labute approximate surface area is 130 Å². The first-order chi connectivity index (χ1) is 9.25. The zero-order valence-electron chi connectivity index (χ0n) is 9.67. The van der Waals surface area contributed by atoms with E-state index < -0.39 is 17.8 Å². The number of aromatic nitrogens is 2. The Morgan fingerprint density at radius 2 is 1.90 bits per heavy atom. The molecule has 0 bridgehead atoms. The average molecular weight is 415 g/mol. The molecule has 9 heteroatoms. The van der Waals surface area contributed by atoms with Gasteiger partial charge in [0.2, 0.25) is 5.95 Å². The summed E-state index contributed by atoms with van der Waals surface area (Å²) in [4.78, 5) is 6.85. The van der Waals surface area contributed by atoms with Gasteiger partial charge >= 0.3 is 6.18 Å². The highest BCUT2D eigenvalue weighted by Crippen LogP contribution is 2.31. The van der Waals surface area contributed by atoms with Crippen LogP contribution in [-0.4, -0.2) is 9.97 Å². The van der Waals surface area contributed by atoms with Crippen molar-refractivity contribution >= 4 is 51.6 Å². The van der Waals surface area contributed by atoms with Crippen LogP contribution in [0.3, 0.4) is 0 Å². The molecule has 0 spiro atoms. The van der Waals surface area contributed by atoms with E-state index in [0.29, 0.717) is 10.7 Å². The number of halogens is 5. The van der Waals surface area contributed by atoms with Crippen LogP contribution in [-0.2, 0) is 6.18 Å². The van der Waals surface area contributed by atoms with Crippen LogP contribution in [0.4, 0.5) is 30.6 Å². The standard InChI is InChI=1S/C11H7ClF3IN4/c12-6-3-5(16)1-2-7(6)18-9-4-8(11(13,14)15)19-10(17)20-9/h1-4H,(H3,17,18,19,20). The van der Waals surface area contributed by atoms with Gasteiger partial charge in [0, 0.05) is 9.64 Å². The van der Waals surface area contributed by atoms with Crippen LogP contribution in [0, 0.1) is 3.57 Å². The van der Waals surface area contributed by atoms with Crippen LogP contribution in [0.5, 0.6) is 0 Å². The van der Waals surface area contributed by atoms with E-state index in [1.54, 1.807) is 18.2 Å². The van der Waals surface area contributed by atoms with Crippen LogP contribution in [0.2, 0.25) is 5.02 Å². The predicted octanol–water partition coefficient (Wildman–Crippen LogP) is 4.08. The first kappa shape index (κ1) is 15.1. The fourth-order valence-corrected chi connectivity index (χ4v) is 2.31. The lowest BCUT2D eigenvalue weighted by Gasteiger charge is -2.11. The lowest BCUT2D eigenvalue weighted by molar-refractivity contribution is -0.141. The number of hydrogen-bond acceptors (Lipinski definition) is 4. The van der Waals surface area contributed by atoms with Crippen molar-refractivity contribution in [2.75, 3.05) is 11.1 Å². The number of nitrogens with zero attached hydrogens (tertiary/aromatic N) is 2. The van der Waals surface area contributed by atoms with Crippen molar-refractivity contribution in [3.63, 3.8) is 0 Å². The molecular formula is C11H7ClF3IN4. The van der Waals surface area contributed by atoms with Gasteiger partial charge in [0.1, 0.15) is 5.82 Å². The Balaban J connectivity index is 2.36. The minimum atomic E-state index is -4.59. The first-order valence-electron chi connectivity index (χ1n) is 5.19. The second-order valence-electron chi connectivity index (χ2n) is 3.74. The zero-order valence-corrected chi connectivity index (χ0v) is 12.6. The van der Waals surface area contributed by atoms with Crippen LogP contribution >= 0.6 is 34.2 Å². The third-order valence-corrected chi connectivity index (χ3v) is 3.21. The van der Waals surface area contributed by atoms with Gasteiger partial charge in [-0.1, -0.05) is 11.6 Å². The normalized spacial score (nSPS) is 11.4. The number of anilines is 3. The van der Waals surface area contributed by atoms with E-state index >= 15 is 0 Å². The number of nitrogens with one attached hydrogen (secondary N) is 1. The summed E-state index contributed by atoms with van der Waals surface area (Å²) in [5.41, 5.74) is 4.59. The highest BCUT2D eigenvalue weighted by molar-refractivity contribution is 14.1. The van der Waals surface area contributed by atoms with Crippen LogP contribution < -0.4 is 11.1 Å². The molecule has 0 aliphatic rings. The lowest BCUT2D eigenvalue weighted by atomic mass is 10.3. The van der Waals surface area contributed by atoms with Gasteiger partial charge in [0.15, 0.2) is 5.69 Å². The molecule has 20 heavy (non-hydrogen) atoms. The largest absolute Gasteiger partial charge is 0.433 e. The van der Waals surface area contributed by atoms with E-state index in [-0.39, 0.29) is 5.82 Å². The Bertz CT molecular complexity index is 648. The summed E-state index contributed by atoms with van der Waals surface area (Å²) in [7, 11) is 0. The van der Waals surface area contributed by atoms with Gasteiger partial charge < -0.3 is 11.1 Å². The fraction of sp³-hybridized carbons (Fsp3) is 0.0909. The van der Waals surface area contributed by atoms with Crippen molar-refractivity contribution in [2.45, 2.75) is 6.18 Å². The molecule has 0 radical (unpaired) electrons. The second-order valence-corrected chi connectivity index (χ2v) is 5.40. The first-order valence-corrected chi connectivity index (χ1v) is 6.65. The molecule has 1 aromatic heterocycles. The Hall–Kier alpha value is -1.29. The minimum Gasteiger partial charge on any atom is -0.368 e. The van der Waals surface area contributed by atoms with Crippen molar-refractivity contribution in [3.8, 4) is 0 Å². The molecule has 1 aromatic carbocycles. The highest BCUT2D eigenvalue weighted by Gasteiger charge is 2.33. The molecule has 106 valence electrons. The average Bonchev–Trinajstić information content (AvgIpc) is 2.31. The molecule has 4 nitrogen and oxygen atoms in total. The molecule has 0 saturated heterocycles. The number of nitrogen functional groups attached to an aromatic ring is 1. The van der Waals surface area contributed by atoms with Gasteiger partial charge in [-0.15, -0.1) is 0 Å². The monoisotopic (exact) mass is 414 g/mol. The maximum atomic E-state index is 12.6. The Morgan fingerprint density at radius 3 is 2.50 bits per heavy atom. The van der Waals surface area contributed by atoms with Gasteiger partial charge in [-0.25, -0.2) is 4.98 Å². The minimum absolute atomic E-state index is 0.0760. The van der Waals surface area contributed by atoms with E-state index in [9.17, 15) is 13.2 Å². The van der Waals surface area contributed by atoms with Gasteiger partial charge in [0.05, 0.1) is 10.7 Å². The van der Waals surface area contributed by atoms with Gasteiger partial charge in [-0.3, -0.25) is 0 Å². The summed E-state index contributed by atoms with van der Waals surface area (Å²) in [6.45, 7) is 0. The number of benzene rings is 1. The molecule has 0 aliphatic heterocycles. The van der Waals surface area contributed by atoms with Crippen LogP contribution in [0.15, 0.2) is 24.3 Å². The molecule has 2 aromatic rings. The number of rotatable bonds is 2. The topological polar surface area (TPSA) is 63.8 Å². The van der Waals surface area contributed by atoms with Crippen molar-refractivity contribution in [3.05, 3.63) is 38.6 Å². The second kappa shape index (κ2) is 5.60. The van der Waals surface area contributed by atoms with Crippen molar-refractivity contribution in [1.29, 1.82) is 0 Å². The highest BCUT2D eigenvalue weighted by atomic mass is 127. The van der Waals surface area contributed by atoms with Crippen molar-refractivity contribution in [1.82, 2.24) is 9.97 Å². The molecule has 1 heterocycles. The molecular weight excluding hydrogens is 408 g/mol. The summed E-state index contributed by atoms with van der Waals surface area (Å²) in [6.07, 6.45) is -4.59. The van der Waals surface area contributed by atoms with Crippen LogP contribution in [0.1, 0.15) is 5.69 Å². The summed E-state index contributed by atoms with van der Waals surface area (Å²) >= 11 is 8.05. The molecule has 3 N–H and O–H groups in total. The molecule has 0 amide bonds. The van der Waals surface area contributed by atoms with E-state index in [1.165, 1.54) is 0 Å². The maximum Gasteiger partial charge on any atom is 0.433 e. The molecule has 0 saturated carbocycles. The van der Waals surface area contributed by atoms with Gasteiger partial charge in [-0.05, 0) is 40.8 Å². The Morgan fingerprint density at radius 1 is 1.20 bits per heavy atom. The van der Waals surface area contributed by atoms with E-state index in [0.717, 1.165) is 9.64 Å². The van der Waals surface area contributed by atoms with E-state index in [1.807, 2.05) is 0 Å². The van der Waals surface area contributed by atoms with Gasteiger partial charge in [-0.2, -0.15) is 18.2 Å². The predicted molar refractivity (Wildman–Crippen MR) is 78.9 cm³/mol. The van der Waals surface area contributed by atoms with Gasteiger partial charge in [0.25, 0.3) is 0 Å². The number of nitrogens with two attached hydrogens (primary N) is 1. The summed E-state index contributed by atoms with van der Waals surface area (Å²) < 4.78 is 38.8. The lowest BCUT2D eigenvalue weighted by Crippen LogP contribution is -2.12. The van der Waals surface area contributed by atoms with Crippen molar-refractivity contribution < 1.29 is 13.2 Å². The maximum absolute atomic E-state index is 12.6. The molecule has 0 aliphatic carbocycles.